The maximum absolute atomic E-state index is 13.0. The molecule has 1 heterocycles. The molecule has 0 aromatic heterocycles. The van der Waals surface area contributed by atoms with Crippen molar-refractivity contribution in [1.29, 1.82) is 0 Å². The number of benzene rings is 2. The first kappa shape index (κ1) is 21.1. The van der Waals surface area contributed by atoms with Crippen molar-refractivity contribution in [2.75, 3.05) is 44.3 Å². The molecule has 0 radical (unpaired) electrons. The molecule has 2 aromatic rings. The zero-order valence-corrected chi connectivity index (χ0v) is 17.0. The Hall–Kier alpha value is -1.60. The Kier molecular flexibility index (Phi) is 8.61. The fraction of sp³-hybridized carbons (Fsp3) is 0.455. The molecule has 2 N–H and O–H groups in total. The highest BCUT2D eigenvalue weighted by Gasteiger charge is 2.15. The van der Waals surface area contributed by atoms with Gasteiger partial charge >= 0.3 is 0 Å². The minimum Gasteiger partial charge on any atom is -0.491 e. The first-order valence-electron chi connectivity index (χ1n) is 9.85. The number of aliphatic hydroxyl groups is 1. The zero-order valence-electron chi connectivity index (χ0n) is 16.1. The Labute approximate surface area is 171 Å². The minimum absolute atomic E-state index is 0.204. The number of para-hydroxylation sites is 1. The molecule has 4 nitrogen and oxygen atoms in total. The number of halogens is 1. The van der Waals surface area contributed by atoms with Gasteiger partial charge < -0.3 is 15.2 Å². The van der Waals surface area contributed by atoms with E-state index in [-0.39, 0.29) is 5.82 Å². The van der Waals surface area contributed by atoms with Crippen molar-refractivity contribution in [3.8, 4) is 5.75 Å². The van der Waals surface area contributed by atoms with Crippen molar-refractivity contribution >= 4 is 11.8 Å². The smallest absolute Gasteiger partial charge is 0.123 e. The Balaban J connectivity index is 1.41. The molecule has 0 bridgehead atoms. The van der Waals surface area contributed by atoms with Crippen LogP contribution in [0.5, 0.6) is 5.75 Å². The average Bonchev–Trinajstić information content (AvgIpc) is 2.72. The third-order valence-electron chi connectivity index (χ3n) is 4.80. The van der Waals surface area contributed by atoms with Gasteiger partial charge in [0.05, 0.1) is 0 Å². The molecule has 6 heteroatoms. The van der Waals surface area contributed by atoms with Crippen LogP contribution in [0.15, 0.2) is 48.5 Å². The standard InChI is InChI=1S/C22H29FN2O2S/c23-20-7-5-18(6-8-20)9-10-24-15-19-3-1-2-4-22(19)27-17-21(26)16-25-11-13-28-14-12-25/h1-8,21,24,26H,9-17H2/t21-/m1/s1. The van der Waals surface area contributed by atoms with Gasteiger partial charge in [0.15, 0.2) is 0 Å². The van der Waals surface area contributed by atoms with Gasteiger partial charge in [0, 0.05) is 43.2 Å². The van der Waals surface area contributed by atoms with Gasteiger partial charge in [-0.2, -0.15) is 11.8 Å². The van der Waals surface area contributed by atoms with Crippen LogP contribution in [0.3, 0.4) is 0 Å². The molecule has 0 aliphatic carbocycles. The number of nitrogens with one attached hydrogen (secondary N) is 1. The topological polar surface area (TPSA) is 44.7 Å². The first-order chi connectivity index (χ1) is 13.7. The van der Waals surface area contributed by atoms with Crippen molar-refractivity contribution < 1.29 is 14.2 Å². The summed E-state index contributed by atoms with van der Waals surface area (Å²) >= 11 is 1.97. The van der Waals surface area contributed by atoms with Crippen LogP contribution in [-0.2, 0) is 13.0 Å². The normalized spacial score (nSPS) is 16.1. The van der Waals surface area contributed by atoms with Crippen molar-refractivity contribution in [1.82, 2.24) is 10.2 Å². The molecule has 0 amide bonds. The van der Waals surface area contributed by atoms with E-state index in [0.29, 0.717) is 19.7 Å². The fourth-order valence-electron chi connectivity index (χ4n) is 3.22. The lowest BCUT2D eigenvalue weighted by Gasteiger charge is -2.28. The predicted molar refractivity (Wildman–Crippen MR) is 114 cm³/mol. The number of rotatable bonds is 10. The summed E-state index contributed by atoms with van der Waals surface area (Å²) in [5, 5.41) is 13.7. The van der Waals surface area contributed by atoms with E-state index in [1.807, 2.05) is 48.2 Å². The van der Waals surface area contributed by atoms with Crippen LogP contribution in [0.1, 0.15) is 11.1 Å². The van der Waals surface area contributed by atoms with E-state index >= 15 is 0 Å². The van der Waals surface area contributed by atoms with Crippen LogP contribution >= 0.6 is 11.8 Å². The molecular formula is C22H29FN2O2S. The van der Waals surface area contributed by atoms with Gasteiger partial charge in [0.2, 0.25) is 0 Å². The largest absolute Gasteiger partial charge is 0.491 e. The zero-order chi connectivity index (χ0) is 19.6. The summed E-state index contributed by atoms with van der Waals surface area (Å²) in [5.41, 5.74) is 2.18. The fourth-order valence-corrected chi connectivity index (χ4v) is 4.20. The summed E-state index contributed by atoms with van der Waals surface area (Å²) in [6.45, 7) is 4.54. The average molecular weight is 405 g/mol. The van der Waals surface area contributed by atoms with Crippen molar-refractivity contribution in [2.24, 2.45) is 0 Å². The first-order valence-corrected chi connectivity index (χ1v) is 11.0. The summed E-state index contributed by atoms with van der Waals surface area (Å²) in [4.78, 5) is 2.30. The second-order valence-corrected chi connectivity index (χ2v) is 8.26. The number of hydrogen-bond acceptors (Lipinski definition) is 5. The van der Waals surface area contributed by atoms with E-state index in [1.165, 1.54) is 12.1 Å². The van der Waals surface area contributed by atoms with Gasteiger partial charge in [-0.15, -0.1) is 0 Å². The minimum atomic E-state index is -0.484. The number of β-amino-alcohol motifs (C(OH)–C–C–N with tert-alkyl or cyclic N) is 1. The second kappa shape index (κ2) is 11.4. The molecule has 152 valence electrons. The Morgan fingerprint density at radius 2 is 1.86 bits per heavy atom. The summed E-state index contributed by atoms with van der Waals surface area (Å²) in [6.07, 6.45) is 0.360. The second-order valence-electron chi connectivity index (χ2n) is 7.04. The van der Waals surface area contributed by atoms with Gasteiger partial charge in [-0.05, 0) is 36.7 Å². The van der Waals surface area contributed by atoms with Crippen LogP contribution in [0.4, 0.5) is 4.39 Å². The summed E-state index contributed by atoms with van der Waals surface area (Å²) in [7, 11) is 0. The molecule has 1 saturated heterocycles. The van der Waals surface area contributed by atoms with Gasteiger partial charge in [0.1, 0.15) is 24.3 Å². The van der Waals surface area contributed by atoms with Gasteiger partial charge in [-0.1, -0.05) is 30.3 Å². The van der Waals surface area contributed by atoms with Crippen LogP contribution in [0, 0.1) is 5.82 Å². The highest BCUT2D eigenvalue weighted by Crippen LogP contribution is 2.18. The SMILES string of the molecule is O[C@@H](COc1ccccc1CNCCc1ccc(F)cc1)CN1CCSCC1. The van der Waals surface area contributed by atoms with E-state index in [2.05, 4.69) is 10.2 Å². The molecule has 2 aromatic carbocycles. The number of aliphatic hydroxyl groups excluding tert-OH is 1. The van der Waals surface area contributed by atoms with E-state index in [1.54, 1.807) is 0 Å². The van der Waals surface area contributed by atoms with E-state index in [9.17, 15) is 9.50 Å². The Morgan fingerprint density at radius 3 is 2.64 bits per heavy atom. The van der Waals surface area contributed by atoms with Crippen molar-refractivity contribution in [3.05, 3.63) is 65.5 Å². The van der Waals surface area contributed by atoms with Crippen LogP contribution < -0.4 is 10.1 Å². The maximum atomic E-state index is 13.0. The molecule has 3 rings (SSSR count). The molecule has 0 saturated carbocycles. The molecule has 1 fully saturated rings. The molecule has 1 atom stereocenters. The third-order valence-corrected chi connectivity index (χ3v) is 5.74. The predicted octanol–water partition coefficient (Wildman–Crippen LogP) is 2.95. The molecule has 1 aliphatic heterocycles. The van der Waals surface area contributed by atoms with E-state index < -0.39 is 6.10 Å². The van der Waals surface area contributed by atoms with Gasteiger partial charge in [0.25, 0.3) is 0 Å². The Bertz CT molecular complexity index is 708. The van der Waals surface area contributed by atoms with Crippen molar-refractivity contribution in [2.45, 2.75) is 19.1 Å². The maximum Gasteiger partial charge on any atom is 0.123 e. The highest BCUT2D eigenvalue weighted by atomic mass is 32.2. The lowest BCUT2D eigenvalue weighted by Crippen LogP contribution is -2.40. The third kappa shape index (κ3) is 7.09. The Morgan fingerprint density at radius 1 is 1.11 bits per heavy atom. The highest BCUT2D eigenvalue weighted by molar-refractivity contribution is 7.99. The van der Waals surface area contributed by atoms with Crippen LogP contribution in [0.25, 0.3) is 0 Å². The monoisotopic (exact) mass is 404 g/mol. The number of thioether (sulfide) groups is 1. The van der Waals surface area contributed by atoms with Crippen LogP contribution in [-0.4, -0.2) is 60.4 Å². The quantitative estimate of drug-likeness (QED) is 0.596. The lowest BCUT2D eigenvalue weighted by molar-refractivity contribution is 0.0711. The molecule has 0 unspecified atom stereocenters. The van der Waals surface area contributed by atoms with Crippen molar-refractivity contribution in [3.63, 3.8) is 0 Å². The summed E-state index contributed by atoms with van der Waals surface area (Å²) in [6, 6.07) is 14.5. The number of nitrogens with zero attached hydrogens (tertiary/aromatic N) is 1. The molecule has 28 heavy (non-hydrogen) atoms. The summed E-state index contributed by atoms with van der Waals surface area (Å²) < 4.78 is 18.9. The summed E-state index contributed by atoms with van der Waals surface area (Å²) in [5.74, 6) is 2.88. The van der Waals surface area contributed by atoms with Gasteiger partial charge in [-0.25, -0.2) is 4.39 Å². The number of ether oxygens (including phenoxy) is 1. The lowest BCUT2D eigenvalue weighted by atomic mass is 10.1. The van der Waals surface area contributed by atoms with E-state index in [0.717, 1.165) is 54.4 Å². The molecular weight excluding hydrogens is 375 g/mol. The molecule has 1 aliphatic rings. The van der Waals surface area contributed by atoms with Crippen LogP contribution in [0.2, 0.25) is 0 Å². The van der Waals surface area contributed by atoms with E-state index in [4.69, 9.17) is 4.74 Å². The molecule has 0 spiro atoms. The number of hydrogen-bond donors (Lipinski definition) is 2. The van der Waals surface area contributed by atoms with Gasteiger partial charge in [-0.3, -0.25) is 4.90 Å².